The van der Waals surface area contributed by atoms with Crippen molar-refractivity contribution in [2.75, 3.05) is 0 Å². The number of carbonyl (C=O) groups is 3. The molecule has 2 saturated carbocycles. The maximum absolute atomic E-state index is 13.1. The SMILES string of the molecule is C[C@H](CC1(NC(=O)[C@H]2CCC[C@H]2C(=O)O)C[C@H]1c1ccc(-c2ccccc2)cc1)C(=O)O. The molecule has 0 heterocycles. The Morgan fingerprint density at radius 2 is 1.59 bits per heavy atom. The summed E-state index contributed by atoms with van der Waals surface area (Å²) in [5.41, 5.74) is 2.63. The van der Waals surface area contributed by atoms with E-state index in [-0.39, 0.29) is 11.8 Å². The van der Waals surface area contributed by atoms with E-state index in [0.29, 0.717) is 25.7 Å². The third-order valence-corrected chi connectivity index (χ3v) is 7.13. The summed E-state index contributed by atoms with van der Waals surface area (Å²) in [4.78, 5) is 36.1. The van der Waals surface area contributed by atoms with Crippen LogP contribution < -0.4 is 5.32 Å². The first-order valence-corrected chi connectivity index (χ1v) is 11.2. The van der Waals surface area contributed by atoms with Crippen LogP contribution in [0.2, 0.25) is 0 Å². The second kappa shape index (κ2) is 8.77. The van der Waals surface area contributed by atoms with Crippen LogP contribution in [0.3, 0.4) is 0 Å². The van der Waals surface area contributed by atoms with Gasteiger partial charge in [-0.3, -0.25) is 14.4 Å². The van der Waals surface area contributed by atoms with Crippen molar-refractivity contribution in [3.63, 3.8) is 0 Å². The van der Waals surface area contributed by atoms with E-state index in [2.05, 4.69) is 5.32 Å². The number of carbonyl (C=O) groups excluding carboxylic acids is 1. The molecule has 0 spiro atoms. The van der Waals surface area contributed by atoms with E-state index >= 15 is 0 Å². The van der Waals surface area contributed by atoms with Crippen molar-refractivity contribution >= 4 is 17.8 Å². The monoisotopic (exact) mass is 435 g/mol. The van der Waals surface area contributed by atoms with Gasteiger partial charge in [-0.05, 0) is 42.4 Å². The molecule has 2 aromatic rings. The van der Waals surface area contributed by atoms with Gasteiger partial charge in [0.1, 0.15) is 0 Å². The van der Waals surface area contributed by atoms with Gasteiger partial charge in [-0.15, -0.1) is 0 Å². The Labute approximate surface area is 187 Å². The van der Waals surface area contributed by atoms with E-state index in [1.54, 1.807) is 6.92 Å². The minimum atomic E-state index is -0.931. The number of carboxylic acids is 2. The molecule has 1 amide bonds. The highest BCUT2D eigenvalue weighted by Gasteiger charge is 2.57. The molecule has 1 unspecified atom stereocenters. The molecule has 0 aliphatic heterocycles. The van der Waals surface area contributed by atoms with E-state index in [0.717, 1.165) is 23.1 Å². The zero-order valence-electron chi connectivity index (χ0n) is 18.2. The van der Waals surface area contributed by atoms with Gasteiger partial charge in [0.2, 0.25) is 5.91 Å². The molecule has 168 valence electrons. The summed E-state index contributed by atoms with van der Waals surface area (Å²) in [6, 6.07) is 18.2. The Kier molecular flexibility index (Phi) is 6.04. The molecule has 2 aliphatic carbocycles. The summed E-state index contributed by atoms with van der Waals surface area (Å²) in [6.45, 7) is 1.65. The summed E-state index contributed by atoms with van der Waals surface area (Å²) in [6.07, 6.45) is 2.77. The predicted octanol–water partition coefficient (Wildman–Crippen LogP) is 4.31. The van der Waals surface area contributed by atoms with Crippen molar-refractivity contribution in [3.8, 4) is 11.1 Å². The van der Waals surface area contributed by atoms with Crippen LogP contribution in [0.15, 0.2) is 54.6 Å². The fourth-order valence-corrected chi connectivity index (χ4v) is 5.24. The molecule has 2 aromatic carbocycles. The average molecular weight is 436 g/mol. The topological polar surface area (TPSA) is 104 Å². The van der Waals surface area contributed by atoms with E-state index < -0.39 is 35.2 Å². The number of amides is 1. The quantitative estimate of drug-likeness (QED) is 0.573. The molecule has 0 radical (unpaired) electrons. The predicted molar refractivity (Wildman–Crippen MR) is 120 cm³/mol. The lowest BCUT2D eigenvalue weighted by Crippen LogP contribution is -2.45. The molecule has 0 bridgehead atoms. The minimum Gasteiger partial charge on any atom is -0.481 e. The van der Waals surface area contributed by atoms with Crippen molar-refractivity contribution in [2.24, 2.45) is 17.8 Å². The number of benzene rings is 2. The summed E-state index contributed by atoms with van der Waals surface area (Å²) in [7, 11) is 0. The van der Waals surface area contributed by atoms with Crippen molar-refractivity contribution < 1.29 is 24.6 Å². The first-order chi connectivity index (χ1) is 15.3. The van der Waals surface area contributed by atoms with E-state index in [1.807, 2.05) is 54.6 Å². The van der Waals surface area contributed by atoms with Gasteiger partial charge in [0.25, 0.3) is 0 Å². The lowest BCUT2D eigenvalue weighted by Gasteiger charge is -2.25. The highest BCUT2D eigenvalue weighted by Crippen LogP contribution is 2.55. The number of aliphatic carboxylic acids is 2. The van der Waals surface area contributed by atoms with Crippen LogP contribution in [0.5, 0.6) is 0 Å². The lowest BCUT2D eigenvalue weighted by molar-refractivity contribution is -0.146. The average Bonchev–Trinajstić information content (AvgIpc) is 3.23. The fraction of sp³-hybridized carbons (Fsp3) is 0.423. The minimum absolute atomic E-state index is 0.0164. The number of rotatable bonds is 8. The molecular weight excluding hydrogens is 406 g/mol. The second-order valence-corrected chi connectivity index (χ2v) is 9.32. The maximum atomic E-state index is 13.1. The second-order valence-electron chi connectivity index (χ2n) is 9.32. The Bertz CT molecular complexity index is 1000. The number of hydrogen-bond acceptors (Lipinski definition) is 3. The van der Waals surface area contributed by atoms with Gasteiger partial charge in [-0.25, -0.2) is 0 Å². The van der Waals surface area contributed by atoms with Gasteiger partial charge in [0.15, 0.2) is 0 Å². The zero-order valence-corrected chi connectivity index (χ0v) is 18.2. The van der Waals surface area contributed by atoms with Gasteiger partial charge in [0.05, 0.1) is 17.8 Å². The van der Waals surface area contributed by atoms with Crippen LogP contribution in [0.4, 0.5) is 0 Å². The largest absolute Gasteiger partial charge is 0.481 e. The molecule has 0 saturated heterocycles. The Morgan fingerprint density at radius 3 is 2.22 bits per heavy atom. The summed E-state index contributed by atoms with van der Waals surface area (Å²) >= 11 is 0. The van der Waals surface area contributed by atoms with E-state index in [1.165, 1.54) is 0 Å². The summed E-state index contributed by atoms with van der Waals surface area (Å²) in [5.74, 6) is -3.88. The number of nitrogens with one attached hydrogen (secondary N) is 1. The normalized spacial score (nSPS) is 27.5. The third kappa shape index (κ3) is 4.40. The smallest absolute Gasteiger partial charge is 0.307 e. The van der Waals surface area contributed by atoms with Crippen molar-refractivity contribution in [1.82, 2.24) is 5.32 Å². The maximum Gasteiger partial charge on any atom is 0.307 e. The molecule has 3 N–H and O–H groups in total. The van der Waals surface area contributed by atoms with Crippen LogP contribution in [0.1, 0.15) is 50.5 Å². The van der Waals surface area contributed by atoms with Crippen molar-refractivity contribution in [3.05, 3.63) is 60.2 Å². The van der Waals surface area contributed by atoms with Crippen molar-refractivity contribution in [2.45, 2.75) is 50.5 Å². The van der Waals surface area contributed by atoms with Gasteiger partial charge in [0, 0.05) is 11.5 Å². The Balaban J connectivity index is 1.54. The van der Waals surface area contributed by atoms with Crippen LogP contribution in [-0.2, 0) is 14.4 Å². The standard InChI is InChI=1S/C26H29NO5/c1-16(24(29)30)14-26(27-23(28)20-8-5-9-21(20)25(31)32)15-22(26)19-12-10-18(11-13-19)17-6-3-2-4-7-17/h2-4,6-7,10-13,16,20-22H,5,8-9,14-15H2,1H3,(H,27,28)(H,29,30)(H,31,32)/t16-,20+,21-,22+,26?/m1/s1. The Hall–Kier alpha value is -3.15. The van der Waals surface area contributed by atoms with Crippen LogP contribution in [0.25, 0.3) is 11.1 Å². The van der Waals surface area contributed by atoms with E-state index in [9.17, 15) is 24.6 Å². The fourth-order valence-electron chi connectivity index (χ4n) is 5.24. The molecule has 32 heavy (non-hydrogen) atoms. The number of carboxylic acid groups (broad SMARTS) is 2. The van der Waals surface area contributed by atoms with Crippen LogP contribution >= 0.6 is 0 Å². The van der Waals surface area contributed by atoms with Gasteiger partial charge in [-0.2, -0.15) is 0 Å². The summed E-state index contributed by atoms with van der Waals surface area (Å²) < 4.78 is 0. The first kappa shape index (κ1) is 22.1. The molecule has 2 aliphatic rings. The van der Waals surface area contributed by atoms with E-state index in [4.69, 9.17) is 0 Å². The molecule has 6 nitrogen and oxygen atoms in total. The molecule has 0 aromatic heterocycles. The molecule has 2 fully saturated rings. The van der Waals surface area contributed by atoms with Crippen molar-refractivity contribution in [1.29, 1.82) is 0 Å². The molecule has 5 atom stereocenters. The molecular formula is C26H29NO5. The highest BCUT2D eigenvalue weighted by molar-refractivity contribution is 5.86. The lowest BCUT2D eigenvalue weighted by atomic mass is 9.91. The summed E-state index contributed by atoms with van der Waals surface area (Å²) in [5, 5.41) is 22.0. The third-order valence-electron chi connectivity index (χ3n) is 7.13. The van der Waals surface area contributed by atoms with Crippen LogP contribution in [0, 0.1) is 17.8 Å². The molecule has 4 rings (SSSR count). The number of hydrogen-bond donors (Lipinski definition) is 3. The van der Waals surface area contributed by atoms with Gasteiger partial charge in [-0.1, -0.05) is 67.9 Å². The highest BCUT2D eigenvalue weighted by atomic mass is 16.4. The first-order valence-electron chi connectivity index (χ1n) is 11.2. The Morgan fingerprint density at radius 1 is 0.969 bits per heavy atom. The molecule has 6 heteroatoms. The van der Waals surface area contributed by atoms with Crippen LogP contribution in [-0.4, -0.2) is 33.6 Å². The van der Waals surface area contributed by atoms with Gasteiger partial charge >= 0.3 is 11.9 Å². The van der Waals surface area contributed by atoms with Gasteiger partial charge < -0.3 is 15.5 Å². The zero-order chi connectivity index (χ0) is 22.9.